The number of carbonyl (C=O) groups excluding carboxylic acids is 2. The smallest absolute Gasteiger partial charge is 0.790 e. The molecule has 2 rings (SSSR count). The zero-order valence-electron chi connectivity index (χ0n) is 17.7. The van der Waals surface area contributed by atoms with E-state index in [0.29, 0.717) is 35.1 Å². The van der Waals surface area contributed by atoms with Gasteiger partial charge < -0.3 is 53.4 Å². The van der Waals surface area contributed by atoms with Gasteiger partial charge >= 0.3 is 34.1 Å². The van der Waals surface area contributed by atoms with Gasteiger partial charge in [0, 0.05) is 23.5 Å². The van der Waals surface area contributed by atoms with Crippen molar-refractivity contribution in [2.24, 2.45) is 0 Å². The van der Waals surface area contributed by atoms with Gasteiger partial charge in [0.1, 0.15) is 11.5 Å². The monoisotopic (exact) mass is 618 g/mol. The van der Waals surface area contributed by atoms with Crippen LogP contribution in [0.2, 0.25) is 0 Å². The van der Waals surface area contributed by atoms with E-state index in [4.69, 9.17) is 10.2 Å². The molecule has 0 bridgehead atoms. The molecular weight excluding hydrogens is 600 g/mol. The fourth-order valence-electron chi connectivity index (χ4n) is 1.94. The standard InChI is InChI=1S/2C8H9NO3.2Mn.H4O7P2/c2*1-5-8(12)7(4-11)6(3-10)2-9-5;;;1-8(2,3)7-9(4,5)6/h2*2,4,10,12H,3H2,1H3;;;(H2,1,2,3)(H2,4,5,6)/q;;2*+2;/p-4. The Morgan fingerprint density at radius 2 is 1.09 bits per heavy atom. The van der Waals surface area contributed by atoms with Gasteiger partial charge in [-0.15, -0.1) is 0 Å². The van der Waals surface area contributed by atoms with Crippen molar-refractivity contribution in [2.45, 2.75) is 27.1 Å². The molecule has 0 aromatic carbocycles. The Kier molecular flexibility index (Phi) is 18.5. The van der Waals surface area contributed by atoms with Crippen LogP contribution in [0.4, 0.5) is 0 Å². The first-order valence-electron chi connectivity index (χ1n) is 8.34. The summed E-state index contributed by atoms with van der Waals surface area (Å²) in [6.07, 6.45) is 3.77. The van der Waals surface area contributed by atoms with Crippen LogP contribution in [0, 0.1) is 13.8 Å². The summed E-state index contributed by atoms with van der Waals surface area (Å²) in [5.41, 5.74) is 1.68. The van der Waals surface area contributed by atoms with Gasteiger partial charge in [0.05, 0.1) is 51.4 Å². The molecule has 0 amide bonds. The van der Waals surface area contributed by atoms with E-state index in [1.807, 2.05) is 0 Å². The summed E-state index contributed by atoms with van der Waals surface area (Å²) < 4.78 is 21.2. The molecule has 0 saturated heterocycles. The maximum Gasteiger partial charge on any atom is 2.00 e. The molecule has 0 saturated carbocycles. The first-order chi connectivity index (χ1) is 15.1. The van der Waals surface area contributed by atoms with Crippen molar-refractivity contribution in [3.8, 4) is 11.5 Å². The summed E-state index contributed by atoms with van der Waals surface area (Å²) in [6.45, 7) is 2.58. The van der Waals surface area contributed by atoms with Crippen LogP contribution in [0.25, 0.3) is 0 Å². The van der Waals surface area contributed by atoms with E-state index in [1.54, 1.807) is 13.8 Å². The Bertz CT molecular complexity index is 992. The molecule has 0 aliphatic heterocycles. The van der Waals surface area contributed by atoms with Gasteiger partial charge in [0.2, 0.25) is 0 Å². The molecule has 0 atom stereocenters. The average molecular weight is 618 g/mol. The van der Waals surface area contributed by atoms with Gasteiger partial charge in [0.15, 0.2) is 12.6 Å². The van der Waals surface area contributed by atoms with Gasteiger partial charge in [-0.1, -0.05) is 0 Å². The van der Waals surface area contributed by atoms with Gasteiger partial charge in [-0.25, -0.2) is 0 Å². The normalized spacial score (nSPS) is 10.3. The number of carbonyl (C=O) groups is 2. The van der Waals surface area contributed by atoms with Crippen molar-refractivity contribution in [1.82, 2.24) is 9.97 Å². The molecule has 0 spiro atoms. The average Bonchev–Trinajstić information content (AvgIpc) is 2.70. The zero-order valence-corrected chi connectivity index (χ0v) is 21.9. The third kappa shape index (κ3) is 14.0. The molecule has 35 heavy (non-hydrogen) atoms. The molecule has 4 N–H and O–H groups in total. The number of pyridine rings is 2. The van der Waals surface area contributed by atoms with Crippen LogP contribution in [0.15, 0.2) is 12.4 Å². The summed E-state index contributed by atoms with van der Waals surface area (Å²) in [5.74, 6) is -0.312. The third-order valence-corrected chi connectivity index (χ3v) is 5.09. The molecule has 0 fully saturated rings. The Labute approximate surface area is 219 Å². The van der Waals surface area contributed by atoms with Gasteiger partial charge in [0.25, 0.3) is 0 Å². The van der Waals surface area contributed by atoms with E-state index in [2.05, 4.69) is 14.3 Å². The van der Waals surface area contributed by atoms with Crippen molar-refractivity contribution in [1.29, 1.82) is 0 Å². The Hall–Kier alpha value is -1.54. The van der Waals surface area contributed by atoms with Gasteiger partial charge in [-0.3, -0.25) is 19.6 Å². The Balaban J connectivity index is -0.000000432. The van der Waals surface area contributed by atoms with E-state index >= 15 is 0 Å². The van der Waals surface area contributed by atoms with Crippen molar-refractivity contribution >= 4 is 28.2 Å². The second-order valence-electron chi connectivity index (χ2n) is 5.79. The number of hydrogen-bond acceptors (Lipinski definition) is 15. The van der Waals surface area contributed by atoms with E-state index in [1.165, 1.54) is 12.4 Å². The number of aromatic nitrogens is 2. The number of nitrogens with zero attached hydrogens (tertiary/aromatic N) is 2. The molecule has 2 radical (unpaired) electrons. The number of aldehydes is 2. The van der Waals surface area contributed by atoms with Crippen molar-refractivity contribution < 1.29 is 97.2 Å². The van der Waals surface area contributed by atoms with Crippen LogP contribution in [-0.2, 0) is 60.8 Å². The van der Waals surface area contributed by atoms with Crippen LogP contribution in [0.5, 0.6) is 11.5 Å². The number of phosphoric acid groups is 2. The number of rotatable bonds is 6. The zero-order chi connectivity index (χ0) is 26.0. The fraction of sp³-hybridized carbons (Fsp3) is 0.250. The Morgan fingerprint density at radius 3 is 1.26 bits per heavy atom. The second kappa shape index (κ2) is 17.0. The van der Waals surface area contributed by atoms with Crippen LogP contribution >= 0.6 is 15.6 Å². The maximum absolute atomic E-state index is 10.5. The molecule has 2 aromatic heterocycles. The van der Waals surface area contributed by atoms with Crippen LogP contribution in [0.3, 0.4) is 0 Å². The molecule has 2 heterocycles. The summed E-state index contributed by atoms with van der Waals surface area (Å²) in [6, 6.07) is 0. The number of aliphatic hydroxyl groups excluding tert-OH is 2. The van der Waals surface area contributed by atoms with Crippen LogP contribution < -0.4 is 19.6 Å². The van der Waals surface area contributed by atoms with E-state index < -0.39 is 15.6 Å². The predicted molar refractivity (Wildman–Crippen MR) is 100 cm³/mol. The molecule has 2 aromatic rings. The summed E-state index contributed by atoms with van der Waals surface area (Å²) in [5, 5.41) is 36.1. The second-order valence-corrected chi connectivity index (χ2v) is 8.23. The van der Waals surface area contributed by atoms with E-state index in [9.17, 15) is 48.5 Å². The van der Waals surface area contributed by atoms with Crippen molar-refractivity contribution in [3.05, 3.63) is 46.0 Å². The topological polar surface area (TPSA) is 276 Å². The number of aryl methyl sites for hydroxylation is 2. The fourth-order valence-corrected chi connectivity index (χ4v) is 2.92. The molecule has 19 heteroatoms. The van der Waals surface area contributed by atoms with Crippen molar-refractivity contribution in [2.75, 3.05) is 0 Å². The van der Waals surface area contributed by atoms with Gasteiger partial charge in [-0.2, -0.15) is 0 Å². The largest absolute Gasteiger partial charge is 2.00 e. The van der Waals surface area contributed by atoms with Crippen molar-refractivity contribution in [3.63, 3.8) is 0 Å². The van der Waals surface area contributed by atoms with Crippen LogP contribution in [0.1, 0.15) is 43.2 Å². The van der Waals surface area contributed by atoms with Gasteiger partial charge in [-0.05, 0) is 13.8 Å². The molecule has 0 aliphatic carbocycles. The minimum atomic E-state index is -5.68. The summed E-state index contributed by atoms with van der Waals surface area (Å²) in [4.78, 5) is 65.8. The predicted octanol–water partition coefficient (Wildman–Crippen LogP) is -2.54. The minimum Gasteiger partial charge on any atom is -0.790 e. The first-order valence-corrected chi connectivity index (χ1v) is 11.3. The number of aromatic hydroxyl groups is 2. The van der Waals surface area contributed by atoms with Crippen LogP contribution in [-0.4, -0.2) is 43.0 Å². The quantitative estimate of drug-likeness (QED) is 0.147. The molecule has 0 unspecified atom stereocenters. The number of hydrogen-bond donors (Lipinski definition) is 4. The first kappa shape index (κ1) is 38.0. The Morgan fingerprint density at radius 1 is 0.800 bits per heavy atom. The van der Waals surface area contributed by atoms with E-state index in [0.717, 1.165) is 0 Å². The minimum absolute atomic E-state index is 0. The third-order valence-electron chi connectivity index (χ3n) is 3.49. The molecular formula is C16H18Mn2N2O13P2. The summed E-state index contributed by atoms with van der Waals surface area (Å²) >= 11 is 0. The molecule has 15 nitrogen and oxygen atoms in total. The number of aliphatic hydroxyl groups is 2. The van der Waals surface area contributed by atoms with E-state index in [-0.39, 0.29) is 70.0 Å². The maximum atomic E-state index is 10.5. The summed E-state index contributed by atoms with van der Waals surface area (Å²) in [7, 11) is -11.4. The molecule has 194 valence electrons. The SMILES string of the molecule is Cc1ncc(CO)c(C=O)c1O.Cc1ncc(CO)c(C=O)c1O.O=P([O-])([O-])OP(=O)([O-])[O-].[Mn+2].[Mn+2]. The molecule has 0 aliphatic rings.